The summed E-state index contributed by atoms with van der Waals surface area (Å²) >= 11 is 0. The molecule has 0 aliphatic carbocycles. The maximum Gasteiger partial charge on any atom is 0.143 e. The molecule has 2 heteroatoms. The standard InChI is InChI=1S/C50H33NO/c1-4-14-34(15-5-1)36-24-28-39(29-25-36)51(40-30-26-37(27-31-40)35-16-6-2-7-17-35)47-33-48-46(32-45(47)38-18-8-3-9-19-38)49-43-22-12-10-20-41(43)42-21-11-13-23-44(42)50(49)52-48/h1-33H/i3D,8D,9D,18D,19D. The summed E-state index contributed by atoms with van der Waals surface area (Å²) in [6, 6.07) is 55.5. The Balaban J connectivity index is 1.30. The number of anilines is 3. The van der Waals surface area contributed by atoms with Crippen molar-refractivity contribution in [1.82, 2.24) is 0 Å². The Morgan fingerprint density at radius 3 is 1.46 bits per heavy atom. The first kappa shape index (κ1) is 25.1. The third-order valence-electron chi connectivity index (χ3n) is 9.94. The van der Waals surface area contributed by atoms with Crippen LogP contribution in [0.5, 0.6) is 0 Å². The van der Waals surface area contributed by atoms with Crippen LogP contribution < -0.4 is 4.90 Å². The number of furan rings is 1. The first-order valence-electron chi connectivity index (χ1n) is 19.9. The van der Waals surface area contributed by atoms with E-state index in [2.05, 4.69) is 102 Å². The fourth-order valence-electron chi connectivity index (χ4n) is 7.51. The Kier molecular flexibility index (Phi) is 6.01. The third kappa shape index (κ3) is 5.04. The summed E-state index contributed by atoms with van der Waals surface area (Å²) in [6.07, 6.45) is 0. The summed E-state index contributed by atoms with van der Waals surface area (Å²) in [5.74, 6) is 0. The van der Waals surface area contributed by atoms with Crippen LogP contribution >= 0.6 is 0 Å². The van der Waals surface area contributed by atoms with Crippen molar-refractivity contribution in [3.63, 3.8) is 0 Å². The highest BCUT2D eigenvalue weighted by molar-refractivity contribution is 6.30. The molecule has 0 unspecified atom stereocenters. The molecule has 2 nitrogen and oxygen atoms in total. The molecule has 0 aliphatic heterocycles. The van der Waals surface area contributed by atoms with Gasteiger partial charge in [-0.3, -0.25) is 0 Å². The zero-order valence-corrected chi connectivity index (χ0v) is 28.0. The van der Waals surface area contributed by atoms with Gasteiger partial charge in [0.25, 0.3) is 0 Å². The van der Waals surface area contributed by atoms with Crippen LogP contribution in [0.3, 0.4) is 0 Å². The van der Waals surface area contributed by atoms with Gasteiger partial charge >= 0.3 is 0 Å². The number of hydrogen-bond donors (Lipinski definition) is 0. The van der Waals surface area contributed by atoms with Crippen molar-refractivity contribution in [2.75, 3.05) is 4.90 Å². The summed E-state index contributed by atoms with van der Waals surface area (Å²) in [5.41, 5.74) is 8.48. The third-order valence-corrected chi connectivity index (χ3v) is 9.94. The van der Waals surface area contributed by atoms with Crippen molar-refractivity contribution >= 4 is 60.5 Å². The lowest BCUT2D eigenvalue weighted by molar-refractivity contribution is 0.673. The van der Waals surface area contributed by atoms with E-state index >= 15 is 0 Å². The van der Waals surface area contributed by atoms with Crippen molar-refractivity contribution in [2.45, 2.75) is 0 Å². The van der Waals surface area contributed by atoms with Crippen molar-refractivity contribution in [1.29, 1.82) is 0 Å². The lowest BCUT2D eigenvalue weighted by Gasteiger charge is -2.28. The molecule has 0 aliphatic rings. The minimum Gasteiger partial charge on any atom is -0.455 e. The fourth-order valence-corrected chi connectivity index (χ4v) is 7.51. The fraction of sp³-hybridized carbons (Fsp3) is 0. The molecular formula is C50H33NO. The smallest absolute Gasteiger partial charge is 0.143 e. The maximum atomic E-state index is 9.22. The molecule has 1 heterocycles. The largest absolute Gasteiger partial charge is 0.455 e. The quantitative estimate of drug-likeness (QED) is 0.164. The van der Waals surface area contributed by atoms with E-state index in [4.69, 9.17) is 8.53 Å². The summed E-state index contributed by atoms with van der Waals surface area (Å²) in [7, 11) is 0. The maximum absolute atomic E-state index is 9.22. The second-order valence-electron chi connectivity index (χ2n) is 12.9. The number of hydrogen-bond acceptors (Lipinski definition) is 2. The van der Waals surface area contributed by atoms with E-state index in [0.717, 1.165) is 71.5 Å². The van der Waals surface area contributed by atoms with Crippen LogP contribution in [0.15, 0.2) is 204 Å². The van der Waals surface area contributed by atoms with E-state index in [1.165, 1.54) is 0 Å². The normalized spacial score (nSPS) is 12.8. The van der Waals surface area contributed by atoms with Gasteiger partial charge in [-0.15, -0.1) is 0 Å². The highest BCUT2D eigenvalue weighted by atomic mass is 16.3. The van der Waals surface area contributed by atoms with E-state index in [0.29, 0.717) is 16.8 Å². The average molecular weight is 669 g/mol. The minimum atomic E-state index is -0.438. The van der Waals surface area contributed by atoms with Gasteiger partial charge in [0.05, 0.1) is 12.5 Å². The topological polar surface area (TPSA) is 16.4 Å². The van der Waals surface area contributed by atoms with Crippen LogP contribution in [0.2, 0.25) is 0 Å². The van der Waals surface area contributed by atoms with E-state index in [1.807, 2.05) is 72.8 Å². The monoisotopic (exact) mass is 668 g/mol. The molecule has 0 radical (unpaired) electrons. The number of nitrogens with zero attached hydrogens (tertiary/aromatic N) is 1. The Labute approximate surface area is 309 Å². The van der Waals surface area contributed by atoms with Gasteiger partial charge in [-0.05, 0) is 74.3 Å². The number of fused-ring (bicyclic) bond motifs is 8. The molecular weight excluding hydrogens is 631 g/mol. The molecule has 0 fully saturated rings. The van der Waals surface area contributed by atoms with Crippen molar-refractivity contribution in [3.05, 3.63) is 200 Å². The first-order chi connectivity index (χ1) is 27.9. The SMILES string of the molecule is [2H]c1c([2H])c([2H])c(-c2cc3c(cc2N(c2ccc(-c4ccccc4)cc2)c2ccc(-c4ccccc4)cc2)oc2c4ccccc4c4ccccc4c32)c([2H])c1[2H]. The van der Waals surface area contributed by atoms with Gasteiger partial charge in [0.1, 0.15) is 11.2 Å². The van der Waals surface area contributed by atoms with Gasteiger partial charge in [-0.25, -0.2) is 0 Å². The van der Waals surface area contributed by atoms with Gasteiger partial charge in [0.2, 0.25) is 0 Å². The summed E-state index contributed by atoms with van der Waals surface area (Å²) in [6.45, 7) is 0. The van der Waals surface area contributed by atoms with E-state index < -0.39 is 18.1 Å². The van der Waals surface area contributed by atoms with E-state index in [9.17, 15) is 2.74 Å². The average Bonchev–Trinajstić information content (AvgIpc) is 3.65. The molecule has 1 aromatic heterocycles. The zero-order chi connectivity index (χ0) is 38.8. The van der Waals surface area contributed by atoms with E-state index in [-0.39, 0.29) is 17.6 Å². The second kappa shape index (κ2) is 12.5. The van der Waals surface area contributed by atoms with Crippen molar-refractivity contribution in [3.8, 4) is 33.4 Å². The van der Waals surface area contributed by atoms with Crippen LogP contribution in [0, 0.1) is 0 Å². The second-order valence-corrected chi connectivity index (χ2v) is 12.9. The van der Waals surface area contributed by atoms with Crippen LogP contribution in [-0.2, 0) is 0 Å². The first-order valence-corrected chi connectivity index (χ1v) is 17.4. The number of rotatable bonds is 6. The molecule has 0 saturated heterocycles. The summed E-state index contributed by atoms with van der Waals surface area (Å²) in [4.78, 5) is 2.09. The lowest BCUT2D eigenvalue weighted by atomic mass is 9.94. The van der Waals surface area contributed by atoms with E-state index in [1.54, 1.807) is 0 Å². The van der Waals surface area contributed by atoms with Gasteiger partial charge in [-0.1, -0.05) is 164 Å². The molecule has 0 atom stereocenters. The highest BCUT2D eigenvalue weighted by Crippen LogP contribution is 2.47. The molecule has 0 spiro atoms. The Morgan fingerprint density at radius 1 is 0.404 bits per heavy atom. The lowest BCUT2D eigenvalue weighted by Crippen LogP contribution is -2.11. The molecule has 0 amide bonds. The molecule has 0 bridgehead atoms. The summed E-state index contributed by atoms with van der Waals surface area (Å²) in [5, 5.41) is 5.83. The molecule has 9 aromatic carbocycles. The van der Waals surface area contributed by atoms with Crippen LogP contribution in [0.1, 0.15) is 6.85 Å². The molecule has 52 heavy (non-hydrogen) atoms. The Bertz CT molecular complexity index is 3050. The van der Waals surface area contributed by atoms with Gasteiger partial charge < -0.3 is 9.32 Å². The Morgan fingerprint density at radius 2 is 0.885 bits per heavy atom. The highest BCUT2D eigenvalue weighted by Gasteiger charge is 2.23. The summed E-state index contributed by atoms with van der Waals surface area (Å²) < 4.78 is 51.2. The van der Waals surface area contributed by atoms with Crippen LogP contribution in [0.25, 0.3) is 76.9 Å². The molecule has 244 valence electrons. The van der Waals surface area contributed by atoms with Crippen LogP contribution in [0.4, 0.5) is 17.1 Å². The zero-order valence-electron chi connectivity index (χ0n) is 33.0. The Hall–Kier alpha value is -6.90. The minimum absolute atomic E-state index is 0.115. The number of benzene rings is 9. The van der Waals surface area contributed by atoms with Gasteiger partial charge in [0, 0.05) is 39.2 Å². The molecule has 10 rings (SSSR count). The molecule has 10 aromatic rings. The van der Waals surface area contributed by atoms with Crippen molar-refractivity contribution < 1.29 is 11.3 Å². The van der Waals surface area contributed by atoms with Crippen molar-refractivity contribution in [2.24, 2.45) is 0 Å². The van der Waals surface area contributed by atoms with Gasteiger partial charge in [-0.2, -0.15) is 0 Å². The predicted octanol–water partition coefficient (Wildman–Crippen LogP) is 14.4. The molecule has 0 saturated carbocycles. The predicted molar refractivity (Wildman–Crippen MR) is 220 cm³/mol. The van der Waals surface area contributed by atoms with Gasteiger partial charge in [0.15, 0.2) is 0 Å². The van der Waals surface area contributed by atoms with Crippen LogP contribution in [-0.4, -0.2) is 0 Å². The molecule has 0 N–H and O–H groups in total.